The van der Waals surface area contributed by atoms with Crippen LogP contribution >= 0.6 is 0 Å². The molecule has 1 aliphatic rings. The molecule has 0 saturated heterocycles. The summed E-state index contributed by atoms with van der Waals surface area (Å²) in [6.45, 7) is 13.8. The number of hydrogen-bond donors (Lipinski definition) is 1. The van der Waals surface area contributed by atoms with Gasteiger partial charge in [0.1, 0.15) is 0 Å². The largest absolute Gasteiger partial charge is 0.329 e. The molecule has 0 radical (unpaired) electrons. The van der Waals surface area contributed by atoms with Gasteiger partial charge in [0, 0.05) is 12.1 Å². The normalized spacial score (nSPS) is 28.9. The second-order valence-electron chi connectivity index (χ2n) is 8.53. The Bertz CT molecular complexity index is 280. The van der Waals surface area contributed by atoms with E-state index >= 15 is 0 Å². The van der Waals surface area contributed by atoms with Crippen molar-refractivity contribution in [1.82, 2.24) is 4.90 Å². The molecule has 1 fully saturated rings. The average molecular weight is 283 g/mol. The van der Waals surface area contributed by atoms with Crippen LogP contribution in [0.1, 0.15) is 73.1 Å². The molecule has 0 heterocycles. The highest BCUT2D eigenvalue weighted by atomic mass is 15.2. The molecule has 2 heteroatoms. The van der Waals surface area contributed by atoms with E-state index in [9.17, 15) is 0 Å². The highest BCUT2D eigenvalue weighted by Crippen LogP contribution is 2.41. The number of hydrogen-bond acceptors (Lipinski definition) is 2. The molecule has 2 unspecified atom stereocenters. The standard InChI is InChI=1S/C18H38N2/c1-15(2)10-13-20(6)18(14-19)11-7-8-16(9-12-18)17(3,4)5/h15-16H,7-14,19H2,1-6H3. The monoisotopic (exact) mass is 282 g/mol. The fraction of sp³-hybridized carbons (Fsp3) is 1.00. The maximum Gasteiger partial charge on any atom is 0.0328 e. The van der Waals surface area contributed by atoms with Gasteiger partial charge < -0.3 is 5.73 Å². The van der Waals surface area contributed by atoms with E-state index in [0.717, 1.165) is 18.4 Å². The van der Waals surface area contributed by atoms with Crippen molar-refractivity contribution in [2.45, 2.75) is 78.7 Å². The molecular weight excluding hydrogens is 244 g/mol. The summed E-state index contributed by atoms with van der Waals surface area (Å²) < 4.78 is 0. The number of likely N-dealkylation sites (N-methyl/N-ethyl adjacent to an activating group) is 1. The summed E-state index contributed by atoms with van der Waals surface area (Å²) in [5.74, 6) is 1.63. The van der Waals surface area contributed by atoms with E-state index in [-0.39, 0.29) is 5.54 Å². The molecule has 120 valence electrons. The van der Waals surface area contributed by atoms with Gasteiger partial charge >= 0.3 is 0 Å². The summed E-state index contributed by atoms with van der Waals surface area (Å²) >= 11 is 0. The van der Waals surface area contributed by atoms with Gasteiger partial charge in [-0.1, -0.05) is 41.0 Å². The maximum atomic E-state index is 6.23. The third-order valence-corrected chi connectivity index (χ3v) is 5.61. The van der Waals surface area contributed by atoms with Gasteiger partial charge in [0.15, 0.2) is 0 Å². The molecule has 0 amide bonds. The lowest BCUT2D eigenvalue weighted by Gasteiger charge is -2.41. The van der Waals surface area contributed by atoms with Crippen LogP contribution in [0, 0.1) is 17.3 Å². The molecule has 0 spiro atoms. The van der Waals surface area contributed by atoms with E-state index in [2.05, 4.69) is 46.6 Å². The highest BCUT2D eigenvalue weighted by Gasteiger charge is 2.37. The van der Waals surface area contributed by atoms with E-state index in [0.29, 0.717) is 5.41 Å². The Kier molecular flexibility index (Phi) is 6.53. The van der Waals surface area contributed by atoms with Crippen molar-refractivity contribution in [2.75, 3.05) is 20.1 Å². The molecule has 20 heavy (non-hydrogen) atoms. The van der Waals surface area contributed by atoms with Crippen LogP contribution in [-0.2, 0) is 0 Å². The predicted octanol–water partition coefficient (Wildman–Crippen LogP) is 4.29. The molecule has 0 aromatic heterocycles. The van der Waals surface area contributed by atoms with Gasteiger partial charge in [0.2, 0.25) is 0 Å². The van der Waals surface area contributed by atoms with Crippen LogP contribution in [0.15, 0.2) is 0 Å². The van der Waals surface area contributed by atoms with E-state index in [1.54, 1.807) is 0 Å². The van der Waals surface area contributed by atoms with Gasteiger partial charge in [-0.05, 0) is 62.9 Å². The van der Waals surface area contributed by atoms with E-state index in [4.69, 9.17) is 5.73 Å². The molecule has 2 nitrogen and oxygen atoms in total. The summed E-state index contributed by atoms with van der Waals surface area (Å²) in [6.07, 6.45) is 7.90. The average Bonchev–Trinajstić information content (AvgIpc) is 2.58. The van der Waals surface area contributed by atoms with E-state index in [1.165, 1.54) is 45.1 Å². The topological polar surface area (TPSA) is 29.3 Å². The lowest BCUT2D eigenvalue weighted by atomic mass is 9.76. The van der Waals surface area contributed by atoms with E-state index < -0.39 is 0 Å². The van der Waals surface area contributed by atoms with Crippen molar-refractivity contribution in [2.24, 2.45) is 23.0 Å². The molecule has 2 N–H and O–H groups in total. The summed E-state index contributed by atoms with van der Waals surface area (Å²) in [5, 5.41) is 0. The van der Waals surface area contributed by atoms with Gasteiger partial charge in [-0.25, -0.2) is 0 Å². The Morgan fingerprint density at radius 1 is 1.20 bits per heavy atom. The second-order valence-corrected chi connectivity index (χ2v) is 8.53. The van der Waals surface area contributed by atoms with Crippen LogP contribution in [0.3, 0.4) is 0 Å². The Morgan fingerprint density at radius 2 is 1.85 bits per heavy atom. The van der Waals surface area contributed by atoms with Crippen molar-refractivity contribution in [3.63, 3.8) is 0 Å². The molecule has 0 bridgehead atoms. The van der Waals surface area contributed by atoms with Gasteiger partial charge in [0.05, 0.1) is 0 Å². The van der Waals surface area contributed by atoms with Gasteiger partial charge in [-0.15, -0.1) is 0 Å². The molecule has 0 aromatic rings. The van der Waals surface area contributed by atoms with Crippen LogP contribution in [-0.4, -0.2) is 30.6 Å². The van der Waals surface area contributed by atoms with Crippen LogP contribution in [0.25, 0.3) is 0 Å². The first-order valence-corrected chi connectivity index (χ1v) is 8.62. The van der Waals surface area contributed by atoms with Crippen LogP contribution in [0.2, 0.25) is 0 Å². The molecule has 0 aromatic carbocycles. The SMILES string of the molecule is CC(C)CCN(C)C1(CN)CCCC(C(C)(C)C)CC1. The van der Waals surface area contributed by atoms with Crippen molar-refractivity contribution >= 4 is 0 Å². The molecule has 1 saturated carbocycles. The Morgan fingerprint density at radius 3 is 2.35 bits per heavy atom. The summed E-state index contributed by atoms with van der Waals surface area (Å²) in [6, 6.07) is 0. The Labute approximate surface area is 127 Å². The zero-order chi connectivity index (χ0) is 15.4. The lowest BCUT2D eigenvalue weighted by Crippen LogP contribution is -2.52. The minimum absolute atomic E-state index is 0.259. The van der Waals surface area contributed by atoms with Crippen molar-refractivity contribution in [3.05, 3.63) is 0 Å². The minimum atomic E-state index is 0.259. The van der Waals surface area contributed by atoms with Crippen molar-refractivity contribution in [3.8, 4) is 0 Å². The van der Waals surface area contributed by atoms with Gasteiger partial charge in [0.25, 0.3) is 0 Å². The maximum absolute atomic E-state index is 6.23. The first-order chi connectivity index (χ1) is 9.21. The van der Waals surface area contributed by atoms with Gasteiger partial charge in [-0.3, -0.25) is 4.90 Å². The zero-order valence-corrected chi connectivity index (χ0v) is 14.8. The Hall–Kier alpha value is -0.0800. The predicted molar refractivity (Wildman–Crippen MR) is 89.9 cm³/mol. The molecule has 1 aliphatic carbocycles. The number of nitrogens with two attached hydrogens (primary N) is 1. The van der Waals surface area contributed by atoms with Crippen LogP contribution < -0.4 is 5.73 Å². The highest BCUT2D eigenvalue weighted by molar-refractivity contribution is 4.94. The molecule has 1 rings (SSSR count). The number of rotatable bonds is 5. The molecular formula is C18H38N2. The third kappa shape index (κ3) is 4.73. The van der Waals surface area contributed by atoms with Crippen LogP contribution in [0.4, 0.5) is 0 Å². The second kappa shape index (κ2) is 7.26. The Balaban J connectivity index is 2.69. The summed E-state index contributed by atoms with van der Waals surface area (Å²) in [5.41, 5.74) is 6.93. The first-order valence-electron chi connectivity index (χ1n) is 8.62. The van der Waals surface area contributed by atoms with Crippen LogP contribution in [0.5, 0.6) is 0 Å². The summed E-state index contributed by atoms with van der Waals surface area (Å²) in [7, 11) is 2.30. The number of nitrogens with zero attached hydrogens (tertiary/aromatic N) is 1. The van der Waals surface area contributed by atoms with Crippen molar-refractivity contribution in [1.29, 1.82) is 0 Å². The fourth-order valence-corrected chi connectivity index (χ4v) is 3.69. The summed E-state index contributed by atoms with van der Waals surface area (Å²) in [4.78, 5) is 2.58. The van der Waals surface area contributed by atoms with E-state index in [1.807, 2.05) is 0 Å². The van der Waals surface area contributed by atoms with Crippen molar-refractivity contribution < 1.29 is 0 Å². The molecule has 0 aliphatic heterocycles. The van der Waals surface area contributed by atoms with Gasteiger partial charge in [-0.2, -0.15) is 0 Å². The molecule has 2 atom stereocenters. The third-order valence-electron chi connectivity index (χ3n) is 5.61. The smallest absolute Gasteiger partial charge is 0.0328 e. The zero-order valence-electron chi connectivity index (χ0n) is 14.8. The minimum Gasteiger partial charge on any atom is -0.329 e. The lowest BCUT2D eigenvalue weighted by molar-refractivity contribution is 0.0972. The quantitative estimate of drug-likeness (QED) is 0.762. The first kappa shape index (κ1) is 18.0. The fourth-order valence-electron chi connectivity index (χ4n) is 3.69.